The second-order valence-corrected chi connectivity index (χ2v) is 4.12. The van der Waals surface area contributed by atoms with Crippen LogP contribution in [0.5, 0.6) is 0 Å². The second kappa shape index (κ2) is 4.04. The van der Waals surface area contributed by atoms with Crippen molar-refractivity contribution in [3.63, 3.8) is 0 Å². The minimum Gasteiger partial charge on any atom is -0.272 e. The summed E-state index contributed by atoms with van der Waals surface area (Å²) in [4.78, 5) is 3.82. The first kappa shape index (κ1) is 10.8. The fourth-order valence-electron chi connectivity index (χ4n) is 1.72. The van der Waals surface area contributed by atoms with E-state index in [0.29, 0.717) is 11.5 Å². The monoisotopic (exact) mass is 219 g/mol. The maximum absolute atomic E-state index is 13.0. The van der Waals surface area contributed by atoms with Crippen LogP contribution in [0.4, 0.5) is 4.39 Å². The summed E-state index contributed by atoms with van der Waals surface area (Å²) in [6.45, 7) is 4.20. The van der Waals surface area contributed by atoms with Crippen LogP contribution in [0.2, 0.25) is 0 Å². The maximum Gasteiger partial charge on any atom is 0.142 e. The summed E-state index contributed by atoms with van der Waals surface area (Å²) in [7, 11) is 1.89. The van der Waals surface area contributed by atoms with Gasteiger partial charge in [0, 0.05) is 24.5 Å². The van der Waals surface area contributed by atoms with Crippen LogP contribution in [0.25, 0.3) is 11.3 Å². The molecule has 0 N–H and O–H groups in total. The summed E-state index contributed by atoms with van der Waals surface area (Å²) in [5.41, 5.74) is 2.60. The Morgan fingerprint density at radius 3 is 2.56 bits per heavy atom. The number of aryl methyl sites for hydroxylation is 1. The molecule has 0 aliphatic heterocycles. The van der Waals surface area contributed by atoms with Crippen molar-refractivity contribution in [2.45, 2.75) is 19.8 Å². The molecule has 0 atom stereocenters. The molecule has 0 unspecified atom stereocenters. The van der Waals surface area contributed by atoms with Crippen molar-refractivity contribution in [1.82, 2.24) is 14.8 Å². The van der Waals surface area contributed by atoms with E-state index in [1.165, 1.54) is 12.3 Å². The van der Waals surface area contributed by atoms with Gasteiger partial charge in [0.2, 0.25) is 0 Å². The molecule has 0 aromatic carbocycles. The zero-order chi connectivity index (χ0) is 11.7. The van der Waals surface area contributed by atoms with E-state index in [4.69, 9.17) is 0 Å². The van der Waals surface area contributed by atoms with E-state index < -0.39 is 0 Å². The van der Waals surface area contributed by atoms with E-state index in [0.717, 1.165) is 11.4 Å². The van der Waals surface area contributed by atoms with E-state index in [2.05, 4.69) is 23.9 Å². The lowest BCUT2D eigenvalue weighted by molar-refractivity contribution is 0.621. The Bertz CT molecular complexity index is 503. The van der Waals surface area contributed by atoms with Gasteiger partial charge >= 0.3 is 0 Å². The molecule has 0 aliphatic rings. The average Bonchev–Trinajstić information content (AvgIpc) is 2.60. The molecule has 0 aliphatic carbocycles. The van der Waals surface area contributed by atoms with Crippen molar-refractivity contribution >= 4 is 0 Å². The molecule has 2 heterocycles. The quantitative estimate of drug-likeness (QED) is 0.777. The lowest BCUT2D eigenvalue weighted by Crippen LogP contribution is -1.99. The molecular weight excluding hydrogens is 205 g/mol. The first-order valence-corrected chi connectivity index (χ1v) is 5.23. The highest BCUT2D eigenvalue weighted by atomic mass is 19.1. The van der Waals surface area contributed by atoms with Gasteiger partial charge in [0.25, 0.3) is 0 Å². The van der Waals surface area contributed by atoms with Crippen LogP contribution in [-0.4, -0.2) is 14.8 Å². The normalized spacial score (nSPS) is 11.1. The third kappa shape index (κ3) is 1.96. The third-order valence-corrected chi connectivity index (χ3v) is 2.51. The number of hydrogen-bond donors (Lipinski definition) is 0. The number of aromatic nitrogens is 3. The predicted octanol–water partition coefficient (Wildman–Crippen LogP) is 2.74. The van der Waals surface area contributed by atoms with Crippen molar-refractivity contribution in [3.05, 3.63) is 36.0 Å². The SMILES string of the molecule is CC(C)c1cc(-c2cncc(F)c2)nn1C. The van der Waals surface area contributed by atoms with Crippen molar-refractivity contribution < 1.29 is 4.39 Å². The summed E-state index contributed by atoms with van der Waals surface area (Å²) < 4.78 is 14.8. The molecule has 2 rings (SSSR count). The van der Waals surface area contributed by atoms with Gasteiger partial charge in [-0.15, -0.1) is 0 Å². The second-order valence-electron chi connectivity index (χ2n) is 4.12. The lowest BCUT2D eigenvalue weighted by Gasteiger charge is -2.02. The van der Waals surface area contributed by atoms with Crippen LogP contribution in [0, 0.1) is 5.82 Å². The van der Waals surface area contributed by atoms with E-state index in [9.17, 15) is 4.39 Å². The number of rotatable bonds is 2. The van der Waals surface area contributed by atoms with Gasteiger partial charge in [-0.3, -0.25) is 9.67 Å². The van der Waals surface area contributed by atoms with E-state index >= 15 is 0 Å². The van der Waals surface area contributed by atoms with Crippen molar-refractivity contribution in [2.75, 3.05) is 0 Å². The summed E-state index contributed by atoms with van der Waals surface area (Å²) in [5.74, 6) is 0.0574. The topological polar surface area (TPSA) is 30.7 Å². The van der Waals surface area contributed by atoms with Gasteiger partial charge in [-0.1, -0.05) is 13.8 Å². The molecule has 84 valence electrons. The van der Waals surface area contributed by atoms with Gasteiger partial charge in [-0.2, -0.15) is 5.10 Å². The Balaban J connectivity index is 2.45. The van der Waals surface area contributed by atoms with Crippen LogP contribution >= 0.6 is 0 Å². The Labute approximate surface area is 93.9 Å². The van der Waals surface area contributed by atoms with Crippen LogP contribution in [0.1, 0.15) is 25.5 Å². The number of pyridine rings is 1. The summed E-state index contributed by atoms with van der Waals surface area (Å²) >= 11 is 0. The molecule has 3 nitrogen and oxygen atoms in total. The largest absolute Gasteiger partial charge is 0.272 e. The molecule has 0 spiro atoms. The summed E-state index contributed by atoms with van der Waals surface area (Å²) in [6.07, 6.45) is 2.81. The Kier molecular flexibility index (Phi) is 2.73. The zero-order valence-electron chi connectivity index (χ0n) is 9.61. The summed E-state index contributed by atoms with van der Waals surface area (Å²) in [5, 5.41) is 4.35. The standard InChI is InChI=1S/C12H14FN3/c1-8(2)12-5-11(15-16(12)3)9-4-10(13)7-14-6-9/h4-8H,1-3H3. The van der Waals surface area contributed by atoms with Crippen LogP contribution in [0.3, 0.4) is 0 Å². The minimum absolute atomic E-state index is 0.339. The van der Waals surface area contributed by atoms with Crippen LogP contribution < -0.4 is 0 Å². The molecular formula is C12H14FN3. The number of nitrogens with zero attached hydrogens (tertiary/aromatic N) is 3. The minimum atomic E-state index is -0.339. The highest BCUT2D eigenvalue weighted by Crippen LogP contribution is 2.22. The molecule has 0 fully saturated rings. The molecule has 0 saturated carbocycles. The highest BCUT2D eigenvalue weighted by Gasteiger charge is 2.10. The maximum atomic E-state index is 13.0. The molecule has 0 radical (unpaired) electrons. The summed E-state index contributed by atoms with van der Waals surface area (Å²) in [6, 6.07) is 3.42. The molecule has 2 aromatic heterocycles. The van der Waals surface area contributed by atoms with E-state index in [-0.39, 0.29) is 5.82 Å². The first-order chi connectivity index (χ1) is 7.58. The predicted molar refractivity (Wildman–Crippen MR) is 60.5 cm³/mol. The fourth-order valence-corrected chi connectivity index (χ4v) is 1.72. The lowest BCUT2D eigenvalue weighted by atomic mass is 10.1. The van der Waals surface area contributed by atoms with Gasteiger partial charge in [-0.05, 0) is 18.1 Å². The van der Waals surface area contributed by atoms with Crippen LogP contribution in [0.15, 0.2) is 24.5 Å². The van der Waals surface area contributed by atoms with Crippen molar-refractivity contribution in [2.24, 2.45) is 7.05 Å². The smallest absolute Gasteiger partial charge is 0.142 e. The molecule has 0 bridgehead atoms. The van der Waals surface area contributed by atoms with Gasteiger partial charge < -0.3 is 0 Å². The number of hydrogen-bond acceptors (Lipinski definition) is 2. The molecule has 16 heavy (non-hydrogen) atoms. The molecule has 2 aromatic rings. The van der Waals surface area contributed by atoms with Crippen LogP contribution in [-0.2, 0) is 7.05 Å². The molecule has 4 heteroatoms. The third-order valence-electron chi connectivity index (χ3n) is 2.51. The van der Waals surface area contributed by atoms with Crippen molar-refractivity contribution in [3.8, 4) is 11.3 Å². The van der Waals surface area contributed by atoms with E-state index in [1.807, 2.05) is 17.8 Å². The van der Waals surface area contributed by atoms with E-state index in [1.54, 1.807) is 6.20 Å². The number of halogens is 1. The molecule has 0 saturated heterocycles. The average molecular weight is 219 g/mol. The van der Waals surface area contributed by atoms with Crippen molar-refractivity contribution in [1.29, 1.82) is 0 Å². The molecule has 0 amide bonds. The fraction of sp³-hybridized carbons (Fsp3) is 0.333. The van der Waals surface area contributed by atoms with Gasteiger partial charge in [0.15, 0.2) is 0 Å². The zero-order valence-corrected chi connectivity index (χ0v) is 9.61. The van der Waals surface area contributed by atoms with Gasteiger partial charge in [-0.25, -0.2) is 4.39 Å². The van der Waals surface area contributed by atoms with Gasteiger partial charge in [0.1, 0.15) is 5.82 Å². The first-order valence-electron chi connectivity index (χ1n) is 5.23. The Morgan fingerprint density at radius 2 is 2.00 bits per heavy atom. The highest BCUT2D eigenvalue weighted by molar-refractivity contribution is 5.58. The Morgan fingerprint density at radius 1 is 1.25 bits per heavy atom. The van der Waals surface area contributed by atoms with Gasteiger partial charge in [0.05, 0.1) is 11.9 Å². The Hall–Kier alpha value is -1.71.